The van der Waals surface area contributed by atoms with Crippen molar-refractivity contribution in [2.75, 3.05) is 6.26 Å². The lowest BCUT2D eigenvalue weighted by molar-refractivity contribution is -0.141. The Morgan fingerprint density at radius 3 is 2.20 bits per heavy atom. The van der Waals surface area contributed by atoms with Gasteiger partial charge in [-0.3, -0.25) is 0 Å². The average molecular weight is 434 g/mol. The second-order valence-corrected chi connectivity index (χ2v) is 8.34. The molecule has 30 heavy (non-hydrogen) atoms. The minimum Gasteiger partial charge on any atom is -0.464 e. The number of furan rings is 1. The van der Waals surface area contributed by atoms with Gasteiger partial charge in [0.15, 0.2) is 26.4 Å². The lowest BCUT2D eigenvalue weighted by Gasteiger charge is -2.07. The van der Waals surface area contributed by atoms with Crippen LogP contribution in [0.3, 0.4) is 0 Å². The highest BCUT2D eigenvalue weighted by atomic mass is 32.2. The van der Waals surface area contributed by atoms with E-state index in [-0.39, 0.29) is 16.5 Å². The average Bonchev–Trinajstić information content (AvgIpc) is 3.37. The highest BCUT2D eigenvalue weighted by Gasteiger charge is 2.35. The zero-order valence-electron chi connectivity index (χ0n) is 15.3. The smallest absolute Gasteiger partial charge is 0.435 e. The molecule has 3 aromatic heterocycles. The zero-order valence-corrected chi connectivity index (χ0v) is 16.1. The third-order valence-electron chi connectivity index (χ3n) is 4.21. The molecule has 0 aliphatic rings. The van der Waals surface area contributed by atoms with Crippen LogP contribution >= 0.6 is 0 Å². The summed E-state index contributed by atoms with van der Waals surface area (Å²) in [5, 5.41) is 10.7. The predicted octanol–water partition coefficient (Wildman–Crippen LogP) is 4.01. The van der Waals surface area contributed by atoms with Gasteiger partial charge in [-0.05, 0) is 30.3 Å². The number of nitrogens with zero attached hydrogens (tertiary/aromatic N) is 4. The number of alkyl halides is 3. The number of rotatable bonds is 4. The molecule has 0 spiro atoms. The number of benzene rings is 1. The van der Waals surface area contributed by atoms with E-state index in [4.69, 9.17) is 4.42 Å². The molecule has 4 aromatic rings. The highest BCUT2D eigenvalue weighted by molar-refractivity contribution is 7.90. The number of aromatic nitrogens is 4. The molecule has 0 amide bonds. The maximum absolute atomic E-state index is 13.3. The van der Waals surface area contributed by atoms with Crippen LogP contribution in [-0.2, 0) is 16.0 Å². The van der Waals surface area contributed by atoms with E-state index in [1.165, 1.54) is 12.3 Å². The van der Waals surface area contributed by atoms with Crippen molar-refractivity contribution in [2.45, 2.75) is 11.2 Å². The molecule has 0 N–H and O–H groups in total. The second kappa shape index (κ2) is 7.10. The van der Waals surface area contributed by atoms with Gasteiger partial charge in [-0.25, -0.2) is 13.1 Å². The maximum atomic E-state index is 13.3. The van der Waals surface area contributed by atoms with Crippen LogP contribution in [-0.4, -0.2) is 34.7 Å². The Hall–Kier alpha value is -3.47. The fraction of sp³-hybridized carbons (Fsp3) is 0.105. The van der Waals surface area contributed by atoms with E-state index in [1.54, 1.807) is 36.4 Å². The molecule has 0 aliphatic carbocycles. The Labute approximate surface area is 168 Å². The molecule has 3 heterocycles. The SMILES string of the molecule is CS(=O)(=O)c1ccc(-n2nc(C(F)(F)F)cc2-c2ccc(-c3ccco3)cc2)nn1. The van der Waals surface area contributed by atoms with E-state index in [1.807, 2.05) is 0 Å². The van der Waals surface area contributed by atoms with Crippen molar-refractivity contribution in [1.82, 2.24) is 20.0 Å². The van der Waals surface area contributed by atoms with Gasteiger partial charge >= 0.3 is 6.18 Å². The summed E-state index contributed by atoms with van der Waals surface area (Å²) in [6.45, 7) is 0. The van der Waals surface area contributed by atoms with Crippen molar-refractivity contribution >= 4 is 9.84 Å². The van der Waals surface area contributed by atoms with Gasteiger partial charge in [0.05, 0.1) is 12.0 Å². The summed E-state index contributed by atoms with van der Waals surface area (Å²) in [6.07, 6.45) is -2.20. The topological polar surface area (TPSA) is 90.9 Å². The molecule has 0 fully saturated rings. The van der Waals surface area contributed by atoms with Gasteiger partial charge < -0.3 is 4.42 Å². The monoisotopic (exact) mass is 434 g/mol. The molecule has 0 bridgehead atoms. The lowest BCUT2D eigenvalue weighted by atomic mass is 10.1. The van der Waals surface area contributed by atoms with Crippen molar-refractivity contribution in [3.8, 4) is 28.4 Å². The van der Waals surface area contributed by atoms with Crippen LogP contribution in [0.15, 0.2) is 70.3 Å². The van der Waals surface area contributed by atoms with Crippen molar-refractivity contribution in [1.29, 1.82) is 0 Å². The first-order valence-electron chi connectivity index (χ1n) is 8.49. The minimum atomic E-state index is -4.67. The first-order valence-corrected chi connectivity index (χ1v) is 10.4. The normalized spacial score (nSPS) is 12.3. The van der Waals surface area contributed by atoms with Crippen LogP contribution in [0.25, 0.3) is 28.4 Å². The second-order valence-electron chi connectivity index (χ2n) is 6.38. The fourth-order valence-corrected chi connectivity index (χ4v) is 3.28. The first kappa shape index (κ1) is 19.8. The summed E-state index contributed by atoms with van der Waals surface area (Å²) >= 11 is 0. The van der Waals surface area contributed by atoms with E-state index in [0.29, 0.717) is 11.3 Å². The standard InChI is InChI=1S/C19H13F3N4O3S/c1-30(27,28)18-9-8-17(23-24-18)26-14(11-16(25-26)19(20,21)22)12-4-6-13(7-5-12)15-3-2-10-29-15/h2-11H,1H3. The van der Waals surface area contributed by atoms with Crippen molar-refractivity contribution in [3.05, 3.63) is 66.6 Å². The summed E-state index contributed by atoms with van der Waals surface area (Å²) in [7, 11) is -3.60. The summed E-state index contributed by atoms with van der Waals surface area (Å²) < 4.78 is 69.2. The molecule has 0 unspecified atom stereocenters. The Bertz CT molecular complexity index is 1280. The van der Waals surface area contributed by atoms with Crippen LogP contribution in [0.4, 0.5) is 13.2 Å². The summed E-state index contributed by atoms with van der Waals surface area (Å²) in [5.74, 6) is 0.566. The van der Waals surface area contributed by atoms with Crippen LogP contribution < -0.4 is 0 Å². The van der Waals surface area contributed by atoms with Gasteiger partial charge in [0.2, 0.25) is 0 Å². The van der Waals surface area contributed by atoms with E-state index >= 15 is 0 Å². The molecule has 154 valence electrons. The Morgan fingerprint density at radius 1 is 0.967 bits per heavy atom. The molecule has 11 heteroatoms. The minimum absolute atomic E-state index is 0.0528. The van der Waals surface area contributed by atoms with Gasteiger partial charge in [0, 0.05) is 17.4 Å². The Balaban J connectivity index is 1.80. The molecule has 1 aromatic carbocycles. The van der Waals surface area contributed by atoms with Gasteiger partial charge in [-0.15, -0.1) is 10.2 Å². The van der Waals surface area contributed by atoms with Crippen LogP contribution in [0.1, 0.15) is 5.69 Å². The summed E-state index contributed by atoms with van der Waals surface area (Å²) in [4.78, 5) is 0. The lowest BCUT2D eigenvalue weighted by Crippen LogP contribution is -2.10. The molecule has 4 rings (SSSR count). The number of hydrogen-bond donors (Lipinski definition) is 0. The quantitative estimate of drug-likeness (QED) is 0.482. The van der Waals surface area contributed by atoms with Gasteiger partial charge in [0.25, 0.3) is 0 Å². The van der Waals surface area contributed by atoms with Crippen LogP contribution in [0.2, 0.25) is 0 Å². The molecular weight excluding hydrogens is 421 g/mol. The number of hydrogen-bond acceptors (Lipinski definition) is 6. The van der Waals surface area contributed by atoms with Crippen molar-refractivity contribution < 1.29 is 26.0 Å². The van der Waals surface area contributed by atoms with Gasteiger partial charge in [-0.1, -0.05) is 24.3 Å². The highest BCUT2D eigenvalue weighted by Crippen LogP contribution is 2.33. The first-order chi connectivity index (χ1) is 14.1. The molecular formula is C19H13F3N4O3S. The predicted molar refractivity (Wildman–Crippen MR) is 100 cm³/mol. The van der Waals surface area contributed by atoms with Crippen molar-refractivity contribution in [3.63, 3.8) is 0 Å². The third kappa shape index (κ3) is 3.83. The van der Waals surface area contributed by atoms with E-state index < -0.39 is 21.7 Å². The van der Waals surface area contributed by atoms with Gasteiger partial charge in [-0.2, -0.15) is 18.3 Å². The summed E-state index contributed by atoms with van der Waals surface area (Å²) in [5.41, 5.74) is 0.210. The maximum Gasteiger partial charge on any atom is 0.435 e. The fourth-order valence-electron chi connectivity index (χ4n) is 2.77. The molecule has 0 radical (unpaired) electrons. The molecule has 0 saturated carbocycles. The number of sulfone groups is 1. The molecule has 0 aliphatic heterocycles. The number of halogens is 3. The molecule has 0 atom stereocenters. The van der Waals surface area contributed by atoms with Crippen LogP contribution in [0.5, 0.6) is 0 Å². The Morgan fingerprint density at radius 2 is 1.67 bits per heavy atom. The van der Waals surface area contributed by atoms with Crippen molar-refractivity contribution in [2.24, 2.45) is 0 Å². The summed E-state index contributed by atoms with van der Waals surface area (Å²) in [6, 6.07) is 13.5. The molecule has 7 nitrogen and oxygen atoms in total. The Kier molecular flexibility index (Phi) is 4.69. The van der Waals surface area contributed by atoms with E-state index in [9.17, 15) is 21.6 Å². The molecule has 0 saturated heterocycles. The zero-order chi connectivity index (χ0) is 21.5. The van der Waals surface area contributed by atoms with Crippen LogP contribution in [0, 0.1) is 0 Å². The third-order valence-corrected chi connectivity index (χ3v) is 5.19. The largest absolute Gasteiger partial charge is 0.464 e. The van der Waals surface area contributed by atoms with E-state index in [2.05, 4.69) is 15.3 Å². The van der Waals surface area contributed by atoms with Gasteiger partial charge in [0.1, 0.15) is 5.76 Å². The van der Waals surface area contributed by atoms with E-state index in [0.717, 1.165) is 28.6 Å².